The van der Waals surface area contributed by atoms with Gasteiger partial charge in [0.2, 0.25) is 0 Å². The third kappa shape index (κ3) is 3.65. The fourth-order valence-corrected chi connectivity index (χ4v) is 5.63. The minimum atomic E-state index is -0.708. The SMILES string of the molecule is C[C@]1(O)C[C@@](N)(c2ccc(-c3nc4ccc5nnc(-c6cccnc6)n5c4nc3-c3ccccc3)cc2)C1. The van der Waals surface area contributed by atoms with Crippen molar-refractivity contribution >= 4 is 16.8 Å². The first kappa shape index (κ1) is 22.7. The Balaban J connectivity index is 1.42. The van der Waals surface area contributed by atoms with Crippen LogP contribution in [0.4, 0.5) is 0 Å². The Morgan fingerprint density at radius 2 is 1.50 bits per heavy atom. The Bertz CT molecular complexity index is 1790. The summed E-state index contributed by atoms with van der Waals surface area (Å²) in [6.07, 6.45) is 4.58. The molecule has 1 fully saturated rings. The number of fused-ring (bicyclic) bond motifs is 3. The number of hydrogen-bond donors (Lipinski definition) is 2. The van der Waals surface area contributed by atoms with Gasteiger partial charge in [0.05, 0.1) is 17.0 Å². The van der Waals surface area contributed by atoms with E-state index in [0.29, 0.717) is 30.0 Å². The molecule has 0 unspecified atom stereocenters. The average Bonchev–Trinajstić information content (AvgIpc) is 3.37. The highest BCUT2D eigenvalue weighted by Crippen LogP contribution is 2.46. The molecule has 1 aliphatic carbocycles. The third-order valence-electron chi connectivity index (χ3n) is 7.29. The standard InChI is InChI=1S/C30H25N7O/c1-29(38)17-30(31,18-29)22-11-9-20(10-12-22)25-26(19-6-3-2-4-7-19)34-28-23(33-25)13-14-24-35-36-27(37(24)28)21-8-5-15-32-16-21/h2-16,38H,17-18,31H2,1H3/t29-,30-. The molecule has 0 aliphatic heterocycles. The van der Waals surface area contributed by atoms with Gasteiger partial charge in [0, 0.05) is 34.6 Å². The van der Waals surface area contributed by atoms with Gasteiger partial charge in [-0.3, -0.25) is 9.38 Å². The Hall–Kier alpha value is -4.53. The zero-order valence-electron chi connectivity index (χ0n) is 20.8. The molecule has 186 valence electrons. The van der Waals surface area contributed by atoms with Crippen molar-refractivity contribution < 1.29 is 5.11 Å². The van der Waals surface area contributed by atoms with Crippen LogP contribution in [0.5, 0.6) is 0 Å². The van der Waals surface area contributed by atoms with E-state index in [1.54, 1.807) is 12.4 Å². The molecule has 0 saturated heterocycles. The number of nitrogens with two attached hydrogens (primary N) is 1. The Morgan fingerprint density at radius 1 is 0.789 bits per heavy atom. The quantitative estimate of drug-likeness (QED) is 0.359. The number of hydrogen-bond acceptors (Lipinski definition) is 7. The number of nitrogens with zero attached hydrogens (tertiary/aromatic N) is 6. The molecule has 0 amide bonds. The van der Waals surface area contributed by atoms with E-state index in [-0.39, 0.29) is 0 Å². The number of rotatable bonds is 4. The fourth-order valence-electron chi connectivity index (χ4n) is 5.63. The van der Waals surface area contributed by atoms with E-state index in [0.717, 1.165) is 39.2 Å². The maximum atomic E-state index is 10.2. The predicted molar refractivity (Wildman–Crippen MR) is 146 cm³/mol. The Morgan fingerprint density at radius 3 is 2.21 bits per heavy atom. The molecule has 0 radical (unpaired) electrons. The first-order valence-corrected chi connectivity index (χ1v) is 12.5. The zero-order valence-corrected chi connectivity index (χ0v) is 20.8. The molecule has 1 saturated carbocycles. The topological polar surface area (TPSA) is 115 Å². The minimum Gasteiger partial charge on any atom is -0.390 e. The summed E-state index contributed by atoms with van der Waals surface area (Å²) in [4.78, 5) is 14.5. The summed E-state index contributed by atoms with van der Waals surface area (Å²) in [5.41, 5.74) is 12.7. The molecular formula is C30H25N7O. The number of benzene rings is 2. The molecule has 3 N–H and O–H groups in total. The van der Waals surface area contributed by atoms with Gasteiger partial charge < -0.3 is 10.8 Å². The van der Waals surface area contributed by atoms with E-state index in [1.165, 1.54) is 0 Å². The fraction of sp³-hybridized carbons (Fsp3) is 0.167. The summed E-state index contributed by atoms with van der Waals surface area (Å²) >= 11 is 0. The van der Waals surface area contributed by atoms with E-state index >= 15 is 0 Å². The van der Waals surface area contributed by atoms with Crippen molar-refractivity contribution in [3.63, 3.8) is 0 Å². The van der Waals surface area contributed by atoms with Gasteiger partial charge in [-0.15, -0.1) is 10.2 Å². The number of aliphatic hydroxyl groups is 1. The highest BCUT2D eigenvalue weighted by atomic mass is 16.3. The summed E-state index contributed by atoms with van der Waals surface area (Å²) in [7, 11) is 0. The lowest BCUT2D eigenvalue weighted by Gasteiger charge is -2.49. The summed E-state index contributed by atoms with van der Waals surface area (Å²) in [5, 5.41) is 19.0. The van der Waals surface area contributed by atoms with Gasteiger partial charge >= 0.3 is 0 Å². The van der Waals surface area contributed by atoms with Crippen molar-refractivity contribution in [1.29, 1.82) is 0 Å². The summed E-state index contributed by atoms with van der Waals surface area (Å²) in [5.74, 6) is 0.661. The van der Waals surface area contributed by atoms with Crippen LogP contribution in [0.15, 0.2) is 91.3 Å². The van der Waals surface area contributed by atoms with Gasteiger partial charge in [0.1, 0.15) is 5.52 Å². The molecule has 8 nitrogen and oxygen atoms in total. The molecule has 38 heavy (non-hydrogen) atoms. The van der Waals surface area contributed by atoms with E-state index in [4.69, 9.17) is 15.7 Å². The van der Waals surface area contributed by atoms with Gasteiger partial charge in [-0.25, -0.2) is 9.97 Å². The number of aromatic nitrogens is 6. The molecule has 2 aromatic carbocycles. The van der Waals surface area contributed by atoms with Gasteiger partial charge in [0.25, 0.3) is 0 Å². The van der Waals surface area contributed by atoms with Crippen LogP contribution in [-0.2, 0) is 5.54 Å². The highest BCUT2D eigenvalue weighted by molar-refractivity contribution is 5.87. The largest absolute Gasteiger partial charge is 0.390 e. The maximum absolute atomic E-state index is 10.2. The third-order valence-corrected chi connectivity index (χ3v) is 7.29. The molecule has 4 heterocycles. The lowest BCUT2D eigenvalue weighted by molar-refractivity contribution is -0.0738. The lowest BCUT2D eigenvalue weighted by Crippen LogP contribution is -2.58. The van der Waals surface area contributed by atoms with Crippen molar-refractivity contribution in [2.24, 2.45) is 5.73 Å². The van der Waals surface area contributed by atoms with E-state index in [2.05, 4.69) is 15.2 Å². The minimum absolute atomic E-state index is 0.512. The van der Waals surface area contributed by atoms with Gasteiger partial charge in [-0.05, 0) is 49.6 Å². The van der Waals surface area contributed by atoms with Crippen molar-refractivity contribution in [3.8, 4) is 33.9 Å². The first-order valence-electron chi connectivity index (χ1n) is 12.5. The van der Waals surface area contributed by atoms with Crippen LogP contribution in [0.3, 0.4) is 0 Å². The van der Waals surface area contributed by atoms with E-state index in [1.807, 2.05) is 90.2 Å². The van der Waals surface area contributed by atoms with Crippen LogP contribution in [-0.4, -0.2) is 40.3 Å². The van der Waals surface area contributed by atoms with Crippen LogP contribution in [0, 0.1) is 0 Å². The average molecular weight is 500 g/mol. The van der Waals surface area contributed by atoms with Crippen molar-refractivity contribution in [2.75, 3.05) is 0 Å². The molecule has 1 aliphatic rings. The second kappa shape index (κ2) is 8.24. The molecule has 8 heteroatoms. The summed E-state index contributed by atoms with van der Waals surface area (Å²) in [6.45, 7) is 1.83. The molecule has 0 atom stereocenters. The molecule has 0 spiro atoms. The second-order valence-electron chi connectivity index (χ2n) is 10.4. The smallest absolute Gasteiger partial charge is 0.171 e. The summed E-state index contributed by atoms with van der Waals surface area (Å²) in [6, 6.07) is 25.9. The Kier molecular flexibility index (Phi) is 4.91. The van der Waals surface area contributed by atoms with Crippen LogP contribution >= 0.6 is 0 Å². The van der Waals surface area contributed by atoms with E-state index in [9.17, 15) is 5.11 Å². The van der Waals surface area contributed by atoms with Crippen LogP contribution in [0.25, 0.3) is 50.7 Å². The van der Waals surface area contributed by atoms with Gasteiger partial charge in [0.15, 0.2) is 17.1 Å². The lowest BCUT2D eigenvalue weighted by atomic mass is 9.63. The van der Waals surface area contributed by atoms with Gasteiger partial charge in [-0.1, -0.05) is 54.6 Å². The molecular weight excluding hydrogens is 474 g/mol. The highest BCUT2D eigenvalue weighted by Gasteiger charge is 2.49. The predicted octanol–water partition coefficient (Wildman–Crippen LogP) is 4.77. The Labute approximate surface area is 218 Å². The van der Waals surface area contributed by atoms with Gasteiger partial charge in [-0.2, -0.15) is 0 Å². The summed E-state index contributed by atoms with van der Waals surface area (Å²) < 4.78 is 1.93. The van der Waals surface area contributed by atoms with Crippen LogP contribution < -0.4 is 5.73 Å². The van der Waals surface area contributed by atoms with E-state index < -0.39 is 11.1 Å². The molecule has 0 bridgehead atoms. The first-order chi connectivity index (χ1) is 18.4. The van der Waals surface area contributed by atoms with Crippen LogP contribution in [0.2, 0.25) is 0 Å². The van der Waals surface area contributed by atoms with Crippen molar-refractivity contribution in [2.45, 2.75) is 30.9 Å². The van der Waals surface area contributed by atoms with Crippen molar-refractivity contribution in [1.82, 2.24) is 29.5 Å². The monoisotopic (exact) mass is 499 g/mol. The zero-order chi connectivity index (χ0) is 25.9. The number of pyridine rings is 2. The maximum Gasteiger partial charge on any atom is 0.171 e. The second-order valence-corrected chi connectivity index (χ2v) is 10.4. The molecule has 6 aromatic rings. The van der Waals surface area contributed by atoms with Crippen molar-refractivity contribution in [3.05, 3.63) is 96.8 Å². The molecule has 4 aromatic heterocycles. The van der Waals surface area contributed by atoms with Crippen LogP contribution in [0.1, 0.15) is 25.3 Å². The molecule has 7 rings (SSSR count). The normalized spacial score (nSPS) is 21.0.